The molecule has 1 fully saturated rings. The van der Waals surface area contributed by atoms with Crippen molar-refractivity contribution in [3.63, 3.8) is 0 Å². The Bertz CT molecular complexity index is 1180. The molecule has 2 N–H and O–H groups in total. The van der Waals surface area contributed by atoms with Gasteiger partial charge in [-0.3, -0.25) is 4.79 Å². The van der Waals surface area contributed by atoms with Crippen LogP contribution in [0.2, 0.25) is 0 Å². The molecular weight excluding hydrogens is 380 g/mol. The second kappa shape index (κ2) is 5.42. The number of fused-ring (bicyclic) bond motifs is 6. The number of ether oxygens (including phenoxy) is 2. The molecular formula is C25H20O5. The van der Waals surface area contributed by atoms with Gasteiger partial charge < -0.3 is 19.7 Å². The third-order valence-corrected chi connectivity index (χ3v) is 7.64. The van der Waals surface area contributed by atoms with Crippen molar-refractivity contribution in [2.75, 3.05) is 0 Å². The lowest BCUT2D eigenvalue weighted by Crippen LogP contribution is -2.57. The fraction of sp³-hybridized carbons (Fsp3) is 0.320. The summed E-state index contributed by atoms with van der Waals surface area (Å²) in [6.07, 6.45) is 6.29. The van der Waals surface area contributed by atoms with E-state index >= 15 is 0 Å². The van der Waals surface area contributed by atoms with Crippen LogP contribution in [0.4, 0.5) is 0 Å². The van der Waals surface area contributed by atoms with Gasteiger partial charge in [0.25, 0.3) is 5.79 Å². The topological polar surface area (TPSA) is 76.0 Å². The standard InChI is InChI=1S/C25H20O5/c26-15-9-10-25(29-16-5-1-3-12-4-2-6-17(30-25)18(12)16)22-21(15)23(27)19-13-7-8-14(11-13)20(19)24(22)28/h1-10,13-14,19-20,23-24,27-28H,11H2/t13?,14?,19-,20+,23-,24+/m0/s1. The van der Waals surface area contributed by atoms with E-state index in [9.17, 15) is 15.0 Å². The molecule has 2 unspecified atom stereocenters. The summed E-state index contributed by atoms with van der Waals surface area (Å²) in [5.74, 6) is -0.369. The highest BCUT2D eigenvalue weighted by Crippen LogP contribution is 2.58. The van der Waals surface area contributed by atoms with E-state index in [1.165, 1.54) is 6.08 Å². The van der Waals surface area contributed by atoms with Crippen molar-refractivity contribution in [2.24, 2.45) is 23.7 Å². The number of carbonyl (C=O) groups excluding carboxylic acids is 1. The number of aliphatic hydroxyl groups is 2. The summed E-state index contributed by atoms with van der Waals surface area (Å²) in [6.45, 7) is 0. The lowest BCUT2D eigenvalue weighted by Gasteiger charge is -2.48. The number of rotatable bonds is 0. The van der Waals surface area contributed by atoms with E-state index in [-0.39, 0.29) is 35.0 Å². The van der Waals surface area contributed by atoms with Crippen molar-refractivity contribution < 1.29 is 24.5 Å². The zero-order chi connectivity index (χ0) is 20.2. The minimum atomic E-state index is -1.44. The number of hydrogen-bond acceptors (Lipinski definition) is 5. The number of benzene rings is 2. The van der Waals surface area contributed by atoms with Gasteiger partial charge in [-0.2, -0.15) is 0 Å². The van der Waals surface area contributed by atoms with E-state index in [1.807, 2.05) is 36.4 Å². The normalized spacial score (nSPS) is 36.7. The summed E-state index contributed by atoms with van der Waals surface area (Å²) in [5.41, 5.74) is 0.593. The third kappa shape index (κ3) is 1.88. The highest BCUT2D eigenvalue weighted by molar-refractivity contribution is 6.07. The molecule has 7 rings (SSSR count). The predicted molar refractivity (Wildman–Crippen MR) is 109 cm³/mol. The Morgan fingerprint density at radius 2 is 1.53 bits per heavy atom. The molecule has 6 atom stereocenters. The summed E-state index contributed by atoms with van der Waals surface area (Å²) in [5, 5.41) is 24.7. The van der Waals surface area contributed by atoms with Crippen LogP contribution in [0, 0.1) is 23.7 Å². The fourth-order valence-electron chi connectivity index (χ4n) is 6.50. The average Bonchev–Trinajstić information content (AvgIpc) is 3.36. The Morgan fingerprint density at radius 3 is 2.20 bits per heavy atom. The molecule has 0 saturated heterocycles. The summed E-state index contributed by atoms with van der Waals surface area (Å²) < 4.78 is 12.8. The lowest BCUT2D eigenvalue weighted by molar-refractivity contribution is -0.119. The average molecular weight is 400 g/mol. The highest BCUT2D eigenvalue weighted by atomic mass is 16.7. The maximum absolute atomic E-state index is 12.9. The Balaban J connectivity index is 1.44. The van der Waals surface area contributed by atoms with Crippen molar-refractivity contribution in [3.8, 4) is 11.5 Å². The van der Waals surface area contributed by atoms with Gasteiger partial charge in [0.05, 0.1) is 23.2 Å². The minimum Gasteiger partial charge on any atom is -0.444 e. The molecule has 5 nitrogen and oxygen atoms in total. The second-order valence-corrected chi connectivity index (χ2v) is 9.00. The molecule has 2 aromatic carbocycles. The Kier molecular flexibility index (Phi) is 3.05. The zero-order valence-corrected chi connectivity index (χ0v) is 16.1. The molecule has 1 heterocycles. The molecule has 0 radical (unpaired) electrons. The summed E-state index contributed by atoms with van der Waals surface area (Å²) in [4.78, 5) is 12.9. The van der Waals surface area contributed by atoms with Gasteiger partial charge in [0, 0.05) is 23.5 Å². The first kappa shape index (κ1) is 16.9. The van der Waals surface area contributed by atoms with Crippen LogP contribution in [0.15, 0.2) is 71.8 Å². The van der Waals surface area contributed by atoms with E-state index in [0.717, 1.165) is 17.2 Å². The Labute approximate surface area is 172 Å². The van der Waals surface area contributed by atoms with Gasteiger partial charge in [0.15, 0.2) is 5.78 Å². The molecule has 1 spiro atoms. The molecule has 0 aromatic heterocycles. The van der Waals surface area contributed by atoms with Gasteiger partial charge in [-0.05, 0) is 41.9 Å². The smallest absolute Gasteiger partial charge is 0.297 e. The van der Waals surface area contributed by atoms with Gasteiger partial charge in [-0.25, -0.2) is 0 Å². The van der Waals surface area contributed by atoms with Crippen LogP contribution in [-0.2, 0) is 4.79 Å². The van der Waals surface area contributed by atoms with E-state index in [2.05, 4.69) is 12.2 Å². The summed E-state index contributed by atoms with van der Waals surface area (Å²) in [6, 6.07) is 11.5. The van der Waals surface area contributed by atoms with Crippen LogP contribution in [0.1, 0.15) is 6.42 Å². The summed E-state index contributed by atoms with van der Waals surface area (Å²) >= 11 is 0. The van der Waals surface area contributed by atoms with Crippen LogP contribution in [0.25, 0.3) is 10.8 Å². The molecule has 2 bridgehead atoms. The quantitative estimate of drug-likeness (QED) is 0.665. The van der Waals surface area contributed by atoms with Gasteiger partial charge in [0.1, 0.15) is 11.5 Å². The SMILES string of the molecule is O=C1C=CC2(Oc3cccc4cccc(c34)O2)C2=C1[C@@H](O)[C@H]1C3C=CC(C3)[C@H]1[C@H]2O. The van der Waals surface area contributed by atoms with Crippen molar-refractivity contribution in [2.45, 2.75) is 24.4 Å². The van der Waals surface area contributed by atoms with Crippen molar-refractivity contribution in [1.29, 1.82) is 0 Å². The molecule has 5 heteroatoms. The van der Waals surface area contributed by atoms with Crippen LogP contribution in [0.5, 0.6) is 11.5 Å². The monoisotopic (exact) mass is 400 g/mol. The van der Waals surface area contributed by atoms with Crippen molar-refractivity contribution >= 4 is 16.6 Å². The third-order valence-electron chi connectivity index (χ3n) is 7.64. The molecule has 30 heavy (non-hydrogen) atoms. The van der Waals surface area contributed by atoms with Gasteiger partial charge in [-0.15, -0.1) is 0 Å². The van der Waals surface area contributed by atoms with Gasteiger partial charge >= 0.3 is 0 Å². The van der Waals surface area contributed by atoms with Gasteiger partial charge in [0.2, 0.25) is 0 Å². The number of allylic oxidation sites excluding steroid dienone is 3. The molecule has 1 saturated carbocycles. The molecule has 0 amide bonds. The Morgan fingerprint density at radius 1 is 0.900 bits per heavy atom. The maximum atomic E-state index is 12.9. The molecule has 4 aliphatic carbocycles. The van der Waals surface area contributed by atoms with Crippen LogP contribution < -0.4 is 9.47 Å². The Hall–Kier alpha value is -2.89. The van der Waals surface area contributed by atoms with E-state index in [0.29, 0.717) is 17.1 Å². The molecule has 150 valence electrons. The van der Waals surface area contributed by atoms with E-state index in [4.69, 9.17) is 9.47 Å². The molecule has 5 aliphatic rings. The van der Waals surface area contributed by atoms with Crippen molar-refractivity contribution in [1.82, 2.24) is 0 Å². The van der Waals surface area contributed by atoms with E-state index < -0.39 is 18.0 Å². The van der Waals surface area contributed by atoms with Crippen molar-refractivity contribution in [3.05, 3.63) is 71.8 Å². The number of carbonyl (C=O) groups is 1. The molecule has 2 aromatic rings. The first-order chi connectivity index (χ1) is 14.6. The highest BCUT2D eigenvalue weighted by Gasteiger charge is 2.61. The van der Waals surface area contributed by atoms with Crippen LogP contribution in [0.3, 0.4) is 0 Å². The largest absolute Gasteiger partial charge is 0.444 e. The molecule has 1 aliphatic heterocycles. The number of aliphatic hydroxyl groups excluding tert-OH is 2. The first-order valence-electron chi connectivity index (χ1n) is 10.5. The summed E-state index contributed by atoms with van der Waals surface area (Å²) in [7, 11) is 0. The maximum Gasteiger partial charge on any atom is 0.297 e. The minimum absolute atomic E-state index is 0.148. The van der Waals surface area contributed by atoms with Crippen LogP contribution in [-0.4, -0.2) is 34.0 Å². The lowest BCUT2D eigenvalue weighted by atomic mass is 9.64. The number of hydrogen-bond donors (Lipinski definition) is 2. The predicted octanol–water partition coefficient (Wildman–Crippen LogP) is 2.92. The van der Waals surface area contributed by atoms with Crippen LogP contribution >= 0.6 is 0 Å². The number of ketones is 1. The van der Waals surface area contributed by atoms with Gasteiger partial charge in [-0.1, -0.05) is 36.4 Å². The zero-order valence-electron chi connectivity index (χ0n) is 16.1. The first-order valence-corrected chi connectivity index (χ1v) is 10.5. The van der Waals surface area contributed by atoms with E-state index in [1.54, 1.807) is 6.08 Å². The second-order valence-electron chi connectivity index (χ2n) is 9.00. The fourth-order valence-corrected chi connectivity index (χ4v) is 6.50.